The third-order valence-corrected chi connectivity index (χ3v) is 2.76. The molecule has 0 radical (unpaired) electrons. The maximum absolute atomic E-state index is 8.57. The van der Waals surface area contributed by atoms with Crippen molar-refractivity contribution < 1.29 is 9.53 Å². The van der Waals surface area contributed by atoms with Gasteiger partial charge in [0.25, 0.3) is 0 Å². The lowest BCUT2D eigenvalue weighted by Crippen LogP contribution is -1.96. The lowest BCUT2D eigenvalue weighted by molar-refractivity contribution is 0.304. The van der Waals surface area contributed by atoms with Crippen LogP contribution in [0.25, 0.3) is 0 Å². The van der Waals surface area contributed by atoms with Gasteiger partial charge in [-0.3, -0.25) is 0 Å². The van der Waals surface area contributed by atoms with Gasteiger partial charge in [-0.1, -0.05) is 63.6 Å². The van der Waals surface area contributed by atoms with Gasteiger partial charge in [-0.25, -0.2) is 4.79 Å². The highest BCUT2D eigenvalue weighted by Gasteiger charge is 1.93. The highest BCUT2D eigenvalue weighted by molar-refractivity contribution is 5.38. The van der Waals surface area contributed by atoms with Crippen LogP contribution in [0.4, 0.5) is 0 Å². The maximum Gasteiger partial charge on any atom is 0.119 e. The van der Waals surface area contributed by atoms with Crippen molar-refractivity contribution >= 4 is 5.94 Å². The van der Waals surface area contributed by atoms with Crippen LogP contribution in [-0.4, -0.2) is 12.5 Å². The molecule has 0 aromatic heterocycles. The average molecular weight is 262 g/mol. The van der Waals surface area contributed by atoms with E-state index < -0.39 is 0 Å². The highest BCUT2D eigenvalue weighted by Crippen LogP contribution is 2.10. The molecule has 0 saturated carbocycles. The van der Waals surface area contributed by atoms with Gasteiger partial charge < -0.3 is 4.74 Å². The molecule has 0 aliphatic rings. The minimum atomic E-state index is 0.859. The summed E-state index contributed by atoms with van der Waals surface area (Å²) in [6.07, 6.45) is 9.35. The van der Waals surface area contributed by atoms with Crippen LogP contribution in [0.5, 0.6) is 5.75 Å². The van der Waals surface area contributed by atoms with Crippen molar-refractivity contribution in [2.45, 2.75) is 51.9 Å². The van der Waals surface area contributed by atoms with Crippen molar-refractivity contribution in [3.8, 4) is 5.75 Å². The van der Waals surface area contributed by atoms with Crippen molar-refractivity contribution in [1.29, 1.82) is 0 Å². The van der Waals surface area contributed by atoms with Crippen LogP contribution in [0.1, 0.15) is 51.9 Å². The molecule has 0 heterocycles. The SMILES string of the molecule is C=C=O.CCCCCCCCCOc1ccccc1. The zero-order valence-electron chi connectivity index (χ0n) is 12.1. The van der Waals surface area contributed by atoms with E-state index in [-0.39, 0.29) is 0 Å². The van der Waals surface area contributed by atoms with Gasteiger partial charge in [0.05, 0.1) is 6.61 Å². The largest absolute Gasteiger partial charge is 0.494 e. The van der Waals surface area contributed by atoms with Crippen LogP contribution in [0.2, 0.25) is 0 Å². The first-order valence-electron chi connectivity index (χ1n) is 7.17. The van der Waals surface area contributed by atoms with E-state index >= 15 is 0 Å². The molecule has 0 saturated heterocycles. The maximum atomic E-state index is 8.57. The number of unbranched alkanes of at least 4 members (excludes halogenated alkanes) is 6. The lowest BCUT2D eigenvalue weighted by atomic mass is 10.1. The van der Waals surface area contributed by atoms with E-state index in [1.165, 1.54) is 50.9 Å². The standard InChI is InChI=1S/C15H24O.C2H2O/c1-2-3-4-5-6-7-11-14-16-15-12-9-8-10-13-15;1-2-3/h8-10,12-13H,2-7,11,14H2,1H3;1H2. The molecule has 0 bridgehead atoms. The van der Waals surface area contributed by atoms with Crippen molar-refractivity contribution in [3.05, 3.63) is 36.9 Å². The lowest BCUT2D eigenvalue weighted by Gasteiger charge is -2.05. The van der Waals surface area contributed by atoms with Crippen LogP contribution >= 0.6 is 0 Å². The molecule has 0 aliphatic heterocycles. The molecule has 0 fully saturated rings. The predicted molar refractivity (Wildman–Crippen MR) is 81.3 cm³/mol. The number of hydrogen-bond donors (Lipinski definition) is 0. The van der Waals surface area contributed by atoms with E-state index in [1.54, 1.807) is 0 Å². The van der Waals surface area contributed by atoms with Gasteiger partial charge in [-0.2, -0.15) is 0 Å². The fourth-order valence-corrected chi connectivity index (χ4v) is 1.77. The number of carbonyl (C=O) groups excluding carboxylic acids is 1. The molecule has 2 nitrogen and oxygen atoms in total. The Hall–Kier alpha value is -1.53. The second-order valence-corrected chi connectivity index (χ2v) is 4.43. The topological polar surface area (TPSA) is 26.3 Å². The molecule has 106 valence electrons. The Bertz CT molecular complexity index is 313. The number of benzene rings is 1. The second kappa shape index (κ2) is 14.5. The minimum Gasteiger partial charge on any atom is -0.494 e. The van der Waals surface area contributed by atoms with E-state index in [0.29, 0.717) is 0 Å². The molecular formula is C17H26O2. The number of hydrogen-bond acceptors (Lipinski definition) is 2. The van der Waals surface area contributed by atoms with Gasteiger partial charge in [-0.05, 0) is 25.1 Å². The van der Waals surface area contributed by atoms with Gasteiger partial charge in [0.2, 0.25) is 0 Å². The summed E-state index contributed by atoms with van der Waals surface area (Å²) in [5, 5.41) is 0. The van der Waals surface area contributed by atoms with Gasteiger partial charge >= 0.3 is 0 Å². The van der Waals surface area contributed by atoms with Crippen molar-refractivity contribution in [3.63, 3.8) is 0 Å². The van der Waals surface area contributed by atoms with Crippen LogP contribution in [0.15, 0.2) is 36.9 Å². The Kier molecular flexibility index (Phi) is 13.4. The van der Waals surface area contributed by atoms with E-state index in [1.807, 2.05) is 30.3 Å². The molecule has 0 unspecified atom stereocenters. The molecule has 0 amide bonds. The molecule has 1 rings (SSSR count). The average Bonchev–Trinajstić information content (AvgIpc) is 2.44. The van der Waals surface area contributed by atoms with E-state index in [0.717, 1.165) is 12.4 Å². The molecule has 0 N–H and O–H groups in total. The molecule has 1 aromatic carbocycles. The Morgan fingerprint density at radius 1 is 1.00 bits per heavy atom. The Morgan fingerprint density at radius 3 is 2.11 bits per heavy atom. The molecule has 1 aromatic rings. The molecule has 0 aliphatic carbocycles. The van der Waals surface area contributed by atoms with Crippen LogP contribution in [0.3, 0.4) is 0 Å². The molecule has 0 spiro atoms. The van der Waals surface area contributed by atoms with E-state index in [9.17, 15) is 0 Å². The van der Waals surface area contributed by atoms with E-state index in [4.69, 9.17) is 9.53 Å². The number of ether oxygens (including phenoxy) is 1. The van der Waals surface area contributed by atoms with Gasteiger partial charge in [0, 0.05) is 0 Å². The molecule has 2 heteroatoms. The van der Waals surface area contributed by atoms with E-state index in [2.05, 4.69) is 13.5 Å². The van der Waals surface area contributed by atoms with Crippen LogP contribution in [0, 0.1) is 0 Å². The molecule has 0 atom stereocenters. The third-order valence-electron chi connectivity index (χ3n) is 2.76. The molecular weight excluding hydrogens is 236 g/mol. The predicted octanol–water partition coefficient (Wildman–Crippen LogP) is 4.82. The van der Waals surface area contributed by atoms with Crippen molar-refractivity contribution in [2.24, 2.45) is 0 Å². The van der Waals surface area contributed by atoms with Crippen LogP contribution in [-0.2, 0) is 4.79 Å². The Morgan fingerprint density at radius 2 is 1.53 bits per heavy atom. The summed E-state index contributed by atoms with van der Waals surface area (Å²) >= 11 is 0. The third kappa shape index (κ3) is 12.7. The number of para-hydroxylation sites is 1. The smallest absolute Gasteiger partial charge is 0.119 e. The van der Waals surface area contributed by atoms with Crippen molar-refractivity contribution in [1.82, 2.24) is 0 Å². The fourth-order valence-electron chi connectivity index (χ4n) is 1.77. The summed E-state index contributed by atoms with van der Waals surface area (Å²) in [5.41, 5.74) is 0. The zero-order valence-corrected chi connectivity index (χ0v) is 12.1. The quantitative estimate of drug-likeness (QED) is 0.471. The summed E-state index contributed by atoms with van der Waals surface area (Å²) < 4.78 is 5.63. The number of rotatable bonds is 9. The van der Waals surface area contributed by atoms with Crippen molar-refractivity contribution in [2.75, 3.05) is 6.61 Å². The van der Waals surface area contributed by atoms with Gasteiger partial charge in [-0.15, -0.1) is 0 Å². The summed E-state index contributed by atoms with van der Waals surface area (Å²) in [6, 6.07) is 10.1. The summed E-state index contributed by atoms with van der Waals surface area (Å²) in [7, 11) is 0. The minimum absolute atomic E-state index is 0.859. The Balaban J connectivity index is 0.000000982. The first kappa shape index (κ1) is 17.5. The first-order valence-corrected chi connectivity index (χ1v) is 7.17. The second-order valence-electron chi connectivity index (χ2n) is 4.43. The Labute approximate surface area is 117 Å². The molecule has 19 heavy (non-hydrogen) atoms. The van der Waals surface area contributed by atoms with Gasteiger partial charge in [0.1, 0.15) is 11.7 Å². The summed E-state index contributed by atoms with van der Waals surface area (Å²) in [6.45, 7) is 5.80. The summed E-state index contributed by atoms with van der Waals surface area (Å²) in [5.74, 6) is 2.24. The fraction of sp³-hybridized carbons (Fsp3) is 0.529. The van der Waals surface area contributed by atoms with Gasteiger partial charge in [0.15, 0.2) is 0 Å². The van der Waals surface area contributed by atoms with Crippen LogP contribution < -0.4 is 4.74 Å². The summed E-state index contributed by atoms with van der Waals surface area (Å²) in [4.78, 5) is 8.57. The highest BCUT2D eigenvalue weighted by atomic mass is 16.5. The zero-order chi connectivity index (χ0) is 14.2. The monoisotopic (exact) mass is 262 g/mol. The first-order chi connectivity index (χ1) is 9.35. The normalized spacial score (nSPS) is 9.11.